The van der Waals surface area contributed by atoms with Crippen molar-refractivity contribution in [2.45, 2.75) is 44.9 Å². The first-order valence-corrected chi connectivity index (χ1v) is 12.3. The number of aromatic nitrogens is 1. The largest absolute Gasteiger partial charge is 0.368 e. The first-order chi connectivity index (χ1) is 17.5. The molecule has 0 spiro atoms. The van der Waals surface area contributed by atoms with Crippen LogP contribution in [-0.2, 0) is 16.0 Å². The highest BCUT2D eigenvalue weighted by Crippen LogP contribution is 2.34. The van der Waals surface area contributed by atoms with E-state index in [9.17, 15) is 19.5 Å². The minimum absolute atomic E-state index is 0.0166. The van der Waals surface area contributed by atoms with Gasteiger partial charge in [-0.25, -0.2) is 4.98 Å². The van der Waals surface area contributed by atoms with Gasteiger partial charge < -0.3 is 21.9 Å². The second-order valence-corrected chi connectivity index (χ2v) is 9.66. The second-order valence-electron chi connectivity index (χ2n) is 9.66. The Kier molecular flexibility index (Phi) is 8.62. The number of hydrogen-bond donors (Lipinski definition) is 5. The molecule has 1 aromatic heterocycles. The lowest BCUT2D eigenvalue weighted by Gasteiger charge is -2.48. The van der Waals surface area contributed by atoms with Crippen molar-refractivity contribution in [3.8, 4) is 0 Å². The summed E-state index contributed by atoms with van der Waals surface area (Å²) in [6.45, 7) is 5.83. The van der Waals surface area contributed by atoms with E-state index in [0.29, 0.717) is 11.9 Å². The predicted molar refractivity (Wildman–Crippen MR) is 142 cm³/mol. The molecule has 1 heterocycles. The number of carbonyl (C=O) groups excluding carboxylic acids is 3. The summed E-state index contributed by atoms with van der Waals surface area (Å²) in [6.07, 6.45) is 0.619. The quantitative estimate of drug-likeness (QED) is 0.236. The van der Waals surface area contributed by atoms with Crippen molar-refractivity contribution in [3.05, 3.63) is 78.0 Å². The lowest BCUT2D eigenvalue weighted by molar-refractivity contribution is -0.165. The summed E-state index contributed by atoms with van der Waals surface area (Å²) in [6, 6.07) is 19.7. The fourth-order valence-corrected chi connectivity index (χ4v) is 4.68. The number of rotatable bonds is 12. The van der Waals surface area contributed by atoms with Crippen LogP contribution in [0.2, 0.25) is 0 Å². The zero-order chi connectivity index (χ0) is 27.2. The fourth-order valence-electron chi connectivity index (χ4n) is 4.68. The van der Waals surface area contributed by atoms with Crippen molar-refractivity contribution in [1.82, 2.24) is 15.6 Å². The summed E-state index contributed by atoms with van der Waals surface area (Å²) in [4.78, 5) is 44.0. The van der Waals surface area contributed by atoms with Crippen LogP contribution in [0.3, 0.4) is 0 Å². The van der Waals surface area contributed by atoms with E-state index in [-0.39, 0.29) is 24.6 Å². The number of amides is 3. The average molecular weight is 506 g/mol. The molecule has 3 amide bonds. The van der Waals surface area contributed by atoms with Gasteiger partial charge in [-0.3, -0.25) is 19.7 Å². The van der Waals surface area contributed by atoms with Crippen molar-refractivity contribution in [1.29, 1.82) is 0 Å². The monoisotopic (exact) mass is 505 g/mol. The van der Waals surface area contributed by atoms with Crippen LogP contribution in [0, 0.1) is 11.8 Å². The van der Waals surface area contributed by atoms with Crippen molar-refractivity contribution in [2.75, 3.05) is 6.54 Å². The molecule has 0 aliphatic rings. The molecular formula is C28H35N5O4. The Balaban J connectivity index is 2.12. The smallest absolute Gasteiger partial charge is 0.273 e. The SMILES string of the molecule is CCC(Cc1ccccc1)C(NCC(C)C)(C(N)=O)C(O)(NC(=O)c1ccc2ccccc2n1)C(N)=O. The number of benzene rings is 2. The van der Waals surface area contributed by atoms with Gasteiger partial charge in [0.1, 0.15) is 5.69 Å². The summed E-state index contributed by atoms with van der Waals surface area (Å²) in [7, 11) is 0. The minimum Gasteiger partial charge on any atom is -0.368 e. The van der Waals surface area contributed by atoms with E-state index in [1.165, 1.54) is 6.07 Å². The first kappa shape index (κ1) is 27.8. The number of fused-ring (bicyclic) bond motifs is 1. The van der Waals surface area contributed by atoms with Crippen LogP contribution in [-0.4, -0.2) is 45.6 Å². The second kappa shape index (κ2) is 11.5. The predicted octanol–water partition coefficient (Wildman–Crippen LogP) is 1.88. The first-order valence-electron chi connectivity index (χ1n) is 12.3. The molecular weight excluding hydrogens is 470 g/mol. The Morgan fingerprint density at radius 1 is 0.946 bits per heavy atom. The lowest BCUT2D eigenvalue weighted by atomic mass is 9.69. The van der Waals surface area contributed by atoms with Gasteiger partial charge in [-0.15, -0.1) is 0 Å². The summed E-state index contributed by atoms with van der Waals surface area (Å²) in [5, 5.41) is 18.1. The lowest BCUT2D eigenvalue weighted by Crippen LogP contribution is -2.82. The van der Waals surface area contributed by atoms with Crippen LogP contribution >= 0.6 is 0 Å². The van der Waals surface area contributed by atoms with E-state index in [2.05, 4.69) is 15.6 Å². The van der Waals surface area contributed by atoms with Gasteiger partial charge in [0.15, 0.2) is 5.54 Å². The van der Waals surface area contributed by atoms with Gasteiger partial charge in [0.05, 0.1) is 5.52 Å². The maximum atomic E-state index is 13.4. The Bertz CT molecular complexity index is 1270. The standard InChI is InChI=1S/C28H35N5O4/c1-4-21(16-19-10-6-5-7-11-19)27(25(29)35,31-17-18(2)3)28(37,26(30)36)33-24(34)23-15-14-20-12-8-9-13-22(20)32-23/h5-15,18,21,31,37H,4,16-17H2,1-3H3,(H2,29,35)(H2,30,36)(H,33,34). The molecule has 0 bridgehead atoms. The molecule has 37 heavy (non-hydrogen) atoms. The van der Waals surface area contributed by atoms with Crippen molar-refractivity contribution >= 4 is 28.6 Å². The fraction of sp³-hybridized carbons (Fsp3) is 0.357. The van der Waals surface area contributed by atoms with E-state index >= 15 is 0 Å². The zero-order valence-electron chi connectivity index (χ0n) is 21.4. The minimum atomic E-state index is -2.87. The number of para-hydroxylation sites is 1. The van der Waals surface area contributed by atoms with Crippen molar-refractivity contribution < 1.29 is 19.5 Å². The van der Waals surface area contributed by atoms with Gasteiger partial charge >= 0.3 is 0 Å². The Morgan fingerprint density at radius 3 is 2.19 bits per heavy atom. The number of nitrogens with zero attached hydrogens (tertiary/aromatic N) is 1. The summed E-state index contributed by atoms with van der Waals surface area (Å²) >= 11 is 0. The highest BCUT2D eigenvalue weighted by molar-refractivity contribution is 6.03. The maximum absolute atomic E-state index is 13.4. The summed E-state index contributed by atoms with van der Waals surface area (Å²) in [5.41, 5.74) is 8.06. The molecule has 0 radical (unpaired) electrons. The molecule has 0 aliphatic carbocycles. The molecule has 0 fully saturated rings. The maximum Gasteiger partial charge on any atom is 0.273 e. The van der Waals surface area contributed by atoms with Gasteiger partial charge in [0.25, 0.3) is 11.8 Å². The Labute approximate surface area is 216 Å². The molecule has 9 nitrogen and oxygen atoms in total. The van der Waals surface area contributed by atoms with Gasteiger partial charge in [-0.1, -0.05) is 81.8 Å². The highest BCUT2D eigenvalue weighted by atomic mass is 16.3. The molecule has 2 aromatic carbocycles. The van der Waals surface area contributed by atoms with E-state index < -0.39 is 34.9 Å². The molecule has 3 unspecified atom stereocenters. The third-order valence-electron chi connectivity index (χ3n) is 6.66. The number of nitrogens with one attached hydrogen (secondary N) is 2. The van der Waals surface area contributed by atoms with Crippen LogP contribution in [0.25, 0.3) is 10.9 Å². The average Bonchev–Trinajstić information content (AvgIpc) is 2.88. The summed E-state index contributed by atoms with van der Waals surface area (Å²) < 4.78 is 0. The molecule has 0 aliphatic heterocycles. The normalized spacial score (nSPS) is 15.5. The number of carbonyl (C=O) groups is 3. The molecule has 0 saturated carbocycles. The van der Waals surface area contributed by atoms with Crippen LogP contribution in [0.5, 0.6) is 0 Å². The molecule has 7 N–H and O–H groups in total. The van der Waals surface area contributed by atoms with Crippen LogP contribution in [0.15, 0.2) is 66.7 Å². The zero-order valence-corrected chi connectivity index (χ0v) is 21.4. The van der Waals surface area contributed by atoms with Crippen LogP contribution in [0.1, 0.15) is 43.2 Å². The third kappa shape index (κ3) is 5.63. The summed E-state index contributed by atoms with van der Waals surface area (Å²) in [5.74, 6) is -3.90. The van der Waals surface area contributed by atoms with Gasteiger partial charge in [0, 0.05) is 5.39 Å². The van der Waals surface area contributed by atoms with Crippen LogP contribution < -0.4 is 22.1 Å². The third-order valence-corrected chi connectivity index (χ3v) is 6.66. The van der Waals surface area contributed by atoms with Crippen LogP contribution in [0.4, 0.5) is 0 Å². The topological polar surface area (TPSA) is 160 Å². The Morgan fingerprint density at radius 2 is 1.59 bits per heavy atom. The Hall–Kier alpha value is -3.82. The molecule has 3 atom stereocenters. The number of aliphatic hydroxyl groups is 1. The van der Waals surface area contributed by atoms with Gasteiger partial charge in [-0.05, 0) is 42.5 Å². The van der Waals surface area contributed by atoms with E-state index in [0.717, 1.165) is 10.9 Å². The van der Waals surface area contributed by atoms with Crippen molar-refractivity contribution in [3.63, 3.8) is 0 Å². The number of nitrogens with two attached hydrogens (primary N) is 2. The molecule has 3 rings (SSSR count). The van der Waals surface area contributed by atoms with Gasteiger partial charge in [0.2, 0.25) is 11.6 Å². The van der Waals surface area contributed by atoms with E-state index in [1.807, 2.05) is 63.2 Å². The van der Waals surface area contributed by atoms with Crippen molar-refractivity contribution in [2.24, 2.45) is 23.3 Å². The van der Waals surface area contributed by atoms with E-state index in [1.54, 1.807) is 18.2 Å². The molecule has 0 saturated heterocycles. The molecule has 196 valence electrons. The highest BCUT2D eigenvalue weighted by Gasteiger charge is 2.63. The van der Waals surface area contributed by atoms with E-state index in [4.69, 9.17) is 11.5 Å². The number of pyridine rings is 1. The molecule has 3 aromatic rings. The molecule has 9 heteroatoms. The van der Waals surface area contributed by atoms with Gasteiger partial charge in [-0.2, -0.15) is 0 Å². The number of hydrogen-bond acceptors (Lipinski definition) is 6. The number of primary amides is 2.